The van der Waals surface area contributed by atoms with Crippen molar-refractivity contribution < 1.29 is 24.3 Å². The zero-order valence-electron chi connectivity index (χ0n) is 20.5. The summed E-state index contributed by atoms with van der Waals surface area (Å²) in [5, 5.41) is 18.3. The molecule has 7 N–H and O–H groups in total. The Morgan fingerprint density at radius 2 is 1.39 bits per heavy atom. The van der Waals surface area contributed by atoms with Crippen molar-refractivity contribution in [2.45, 2.75) is 37.0 Å². The number of fused-ring (bicyclic) bond motifs is 1. The quantitative estimate of drug-likeness (QED) is 0.144. The molecule has 1 aromatic heterocycles. The maximum absolute atomic E-state index is 13.2. The number of thiol groups is 2. The fourth-order valence-electron chi connectivity index (χ4n) is 3.88. The summed E-state index contributed by atoms with van der Waals surface area (Å²) < 4.78 is 0. The number of para-hydroxylation sites is 1. The minimum atomic E-state index is -1.24. The number of benzene rings is 2. The number of carboxylic acids is 1. The summed E-state index contributed by atoms with van der Waals surface area (Å²) in [5.41, 5.74) is 8.11. The van der Waals surface area contributed by atoms with Crippen molar-refractivity contribution in [2.24, 2.45) is 5.73 Å². The number of carbonyl (C=O) groups is 4. The molecule has 0 radical (unpaired) electrons. The number of nitrogens with one attached hydrogen (secondary N) is 4. The molecule has 10 nitrogen and oxygen atoms in total. The van der Waals surface area contributed by atoms with Gasteiger partial charge in [-0.25, -0.2) is 4.79 Å². The van der Waals surface area contributed by atoms with Gasteiger partial charge in [-0.05, 0) is 17.2 Å². The molecule has 0 saturated heterocycles. The number of hydrogen-bond donors (Lipinski definition) is 8. The van der Waals surface area contributed by atoms with Crippen molar-refractivity contribution in [1.82, 2.24) is 20.9 Å². The van der Waals surface area contributed by atoms with Gasteiger partial charge in [0.2, 0.25) is 17.7 Å². The Morgan fingerprint density at radius 3 is 2.05 bits per heavy atom. The molecule has 2 aromatic carbocycles. The zero-order chi connectivity index (χ0) is 27.7. The average molecular weight is 558 g/mol. The van der Waals surface area contributed by atoms with E-state index in [4.69, 9.17) is 5.73 Å². The van der Waals surface area contributed by atoms with Gasteiger partial charge in [-0.15, -0.1) is 0 Å². The first-order chi connectivity index (χ1) is 18.2. The molecule has 1 heterocycles. The molecular formula is C26H31N5O5S2. The zero-order valence-corrected chi connectivity index (χ0v) is 22.3. The molecule has 202 valence electrons. The predicted molar refractivity (Wildman–Crippen MR) is 151 cm³/mol. The van der Waals surface area contributed by atoms with Crippen LogP contribution in [0.1, 0.15) is 11.1 Å². The van der Waals surface area contributed by atoms with Crippen LogP contribution in [-0.4, -0.2) is 69.5 Å². The van der Waals surface area contributed by atoms with E-state index in [1.807, 2.05) is 30.3 Å². The van der Waals surface area contributed by atoms with E-state index in [2.05, 4.69) is 46.2 Å². The van der Waals surface area contributed by atoms with Gasteiger partial charge in [-0.2, -0.15) is 25.3 Å². The second kappa shape index (κ2) is 13.9. The maximum Gasteiger partial charge on any atom is 0.326 e. The molecule has 3 aromatic rings. The number of H-pyrrole nitrogens is 1. The highest BCUT2D eigenvalue weighted by atomic mass is 32.1. The predicted octanol–water partition coefficient (Wildman–Crippen LogP) is 0.679. The van der Waals surface area contributed by atoms with Crippen LogP contribution >= 0.6 is 25.3 Å². The molecule has 0 fully saturated rings. The number of aromatic nitrogens is 1. The maximum atomic E-state index is 13.2. The van der Waals surface area contributed by atoms with Gasteiger partial charge in [0.15, 0.2) is 0 Å². The van der Waals surface area contributed by atoms with Gasteiger partial charge in [-0.3, -0.25) is 14.4 Å². The van der Waals surface area contributed by atoms with Crippen LogP contribution < -0.4 is 21.7 Å². The molecule has 4 unspecified atom stereocenters. The molecule has 0 aliphatic heterocycles. The summed E-state index contributed by atoms with van der Waals surface area (Å²) in [7, 11) is 0. The lowest BCUT2D eigenvalue weighted by atomic mass is 10.0. The fraction of sp³-hybridized carbons (Fsp3) is 0.308. The molecule has 38 heavy (non-hydrogen) atoms. The Bertz CT molecular complexity index is 1270. The van der Waals surface area contributed by atoms with Crippen molar-refractivity contribution in [1.29, 1.82) is 0 Å². The number of hydrogen-bond acceptors (Lipinski definition) is 7. The highest BCUT2D eigenvalue weighted by Gasteiger charge is 2.30. The number of rotatable bonds is 13. The smallest absolute Gasteiger partial charge is 0.326 e. The lowest BCUT2D eigenvalue weighted by molar-refractivity contribution is -0.142. The summed E-state index contributed by atoms with van der Waals surface area (Å²) in [6.07, 6.45) is 1.89. The van der Waals surface area contributed by atoms with Crippen molar-refractivity contribution in [2.75, 3.05) is 11.5 Å². The number of aromatic amines is 1. The molecule has 0 aliphatic rings. The van der Waals surface area contributed by atoms with Crippen LogP contribution in [0.5, 0.6) is 0 Å². The van der Waals surface area contributed by atoms with Gasteiger partial charge >= 0.3 is 5.97 Å². The van der Waals surface area contributed by atoms with Crippen LogP contribution in [-0.2, 0) is 32.0 Å². The molecule has 3 amide bonds. The SMILES string of the molecule is NC(CS)C(=O)NC(Cc1ccccc1)C(=O)NC(CS)C(=O)NC(Cc1c[nH]c2ccccc12)C(=O)O. The monoisotopic (exact) mass is 557 g/mol. The topological polar surface area (TPSA) is 166 Å². The third-order valence-corrected chi connectivity index (χ3v) is 6.74. The van der Waals surface area contributed by atoms with E-state index < -0.39 is 47.9 Å². The minimum absolute atomic E-state index is 0.0344. The fourth-order valence-corrected chi connectivity index (χ4v) is 4.30. The van der Waals surface area contributed by atoms with Crippen molar-refractivity contribution in [3.8, 4) is 0 Å². The van der Waals surface area contributed by atoms with Gasteiger partial charge in [0.1, 0.15) is 18.1 Å². The largest absolute Gasteiger partial charge is 0.480 e. The van der Waals surface area contributed by atoms with E-state index >= 15 is 0 Å². The Hall–Kier alpha value is -3.48. The van der Waals surface area contributed by atoms with E-state index in [0.29, 0.717) is 0 Å². The third-order valence-electron chi connectivity index (χ3n) is 5.98. The van der Waals surface area contributed by atoms with Gasteiger partial charge in [-0.1, -0.05) is 48.5 Å². The molecule has 0 bridgehead atoms. The van der Waals surface area contributed by atoms with Gasteiger partial charge in [0.25, 0.3) is 0 Å². The lowest BCUT2D eigenvalue weighted by Crippen LogP contribution is -2.58. The number of carbonyl (C=O) groups excluding carboxylic acids is 3. The van der Waals surface area contributed by atoms with Crippen LogP contribution in [0.3, 0.4) is 0 Å². The summed E-state index contributed by atoms with van der Waals surface area (Å²) in [5.74, 6) is -3.14. The van der Waals surface area contributed by atoms with Crippen molar-refractivity contribution in [3.05, 3.63) is 71.9 Å². The Morgan fingerprint density at radius 1 is 0.789 bits per heavy atom. The molecule has 0 spiro atoms. The second-order valence-electron chi connectivity index (χ2n) is 8.75. The van der Waals surface area contributed by atoms with E-state index in [0.717, 1.165) is 22.0 Å². The lowest BCUT2D eigenvalue weighted by Gasteiger charge is -2.24. The first kappa shape index (κ1) is 29.1. The van der Waals surface area contributed by atoms with Crippen molar-refractivity contribution in [3.63, 3.8) is 0 Å². The summed E-state index contributed by atoms with van der Waals surface area (Å²) in [6.45, 7) is 0. The first-order valence-electron chi connectivity index (χ1n) is 11.9. The summed E-state index contributed by atoms with van der Waals surface area (Å²) in [4.78, 5) is 53.6. The van der Waals surface area contributed by atoms with Crippen LogP contribution in [0.2, 0.25) is 0 Å². The van der Waals surface area contributed by atoms with E-state index in [1.54, 1.807) is 30.5 Å². The summed E-state index contributed by atoms with van der Waals surface area (Å²) in [6, 6.07) is 12.1. The van der Waals surface area contributed by atoms with Gasteiger partial charge in [0, 0.05) is 41.4 Å². The summed E-state index contributed by atoms with van der Waals surface area (Å²) >= 11 is 8.21. The van der Waals surface area contributed by atoms with Crippen LogP contribution in [0.25, 0.3) is 10.9 Å². The van der Waals surface area contributed by atoms with Crippen LogP contribution in [0.4, 0.5) is 0 Å². The molecule has 0 aliphatic carbocycles. The van der Waals surface area contributed by atoms with E-state index in [1.165, 1.54) is 0 Å². The minimum Gasteiger partial charge on any atom is -0.480 e. The number of amides is 3. The van der Waals surface area contributed by atoms with Crippen LogP contribution in [0, 0.1) is 0 Å². The molecule has 3 rings (SSSR count). The third kappa shape index (κ3) is 7.76. The molecule has 0 saturated carbocycles. The average Bonchev–Trinajstić information content (AvgIpc) is 3.33. The Balaban J connectivity index is 1.71. The van der Waals surface area contributed by atoms with Gasteiger partial charge in [0.05, 0.1) is 6.04 Å². The van der Waals surface area contributed by atoms with E-state index in [9.17, 15) is 24.3 Å². The van der Waals surface area contributed by atoms with Gasteiger partial charge < -0.3 is 31.8 Å². The second-order valence-corrected chi connectivity index (χ2v) is 9.48. The van der Waals surface area contributed by atoms with Crippen LogP contribution in [0.15, 0.2) is 60.8 Å². The standard InChI is InChI=1S/C26H31N5O5S2/c27-18(13-37)23(32)29-20(10-15-6-2-1-3-7-15)24(33)31-22(14-38)25(34)30-21(26(35)36)11-16-12-28-19-9-5-4-8-17(16)19/h1-9,12,18,20-22,28,37-38H,10-11,13-14,27H2,(H,29,32)(H,30,34)(H,31,33)(H,35,36). The number of carboxylic acid groups (broad SMARTS) is 1. The Kier molecular flexibility index (Phi) is 10.6. The number of nitrogens with two attached hydrogens (primary N) is 1. The molecule has 4 atom stereocenters. The Labute approximate surface area is 230 Å². The highest BCUT2D eigenvalue weighted by molar-refractivity contribution is 7.80. The first-order valence-corrected chi connectivity index (χ1v) is 13.2. The number of aliphatic carboxylic acids is 1. The molecule has 12 heteroatoms. The molecular weight excluding hydrogens is 526 g/mol. The highest BCUT2D eigenvalue weighted by Crippen LogP contribution is 2.19. The van der Waals surface area contributed by atoms with Crippen molar-refractivity contribution >= 4 is 59.9 Å². The van der Waals surface area contributed by atoms with E-state index in [-0.39, 0.29) is 24.3 Å². The normalized spacial score (nSPS) is 14.2.